The fourth-order valence-electron chi connectivity index (χ4n) is 0.940. The first-order valence-corrected chi connectivity index (χ1v) is 4.94. The molecule has 0 spiro atoms. The first-order valence-electron chi connectivity index (χ1n) is 4.94. The lowest BCUT2D eigenvalue weighted by Gasteiger charge is -2.21. The number of nitrogens with one attached hydrogen (secondary N) is 2. The molecule has 0 radical (unpaired) electrons. The molecule has 0 aliphatic heterocycles. The Hall–Kier alpha value is -1.26. The second-order valence-electron chi connectivity index (χ2n) is 4.42. The van der Waals surface area contributed by atoms with Gasteiger partial charge in [0.2, 0.25) is 5.91 Å². The number of ether oxygens (including phenoxy) is 1. The molecule has 0 heterocycles. The molecule has 0 aromatic heterocycles. The molecule has 15 heavy (non-hydrogen) atoms. The van der Waals surface area contributed by atoms with E-state index in [1.54, 1.807) is 34.7 Å². The van der Waals surface area contributed by atoms with E-state index in [-0.39, 0.29) is 18.4 Å². The number of carbonyl (C=O) groups is 2. The zero-order valence-corrected chi connectivity index (χ0v) is 10.0. The van der Waals surface area contributed by atoms with Crippen LogP contribution < -0.4 is 10.6 Å². The summed E-state index contributed by atoms with van der Waals surface area (Å²) in [5.41, 5.74) is -0.517. The van der Waals surface area contributed by atoms with Crippen LogP contribution in [0.3, 0.4) is 0 Å². The van der Waals surface area contributed by atoms with Crippen LogP contribution in [0.4, 0.5) is 4.79 Å². The Morgan fingerprint density at radius 3 is 2.27 bits per heavy atom. The molecule has 88 valence electrons. The Kier molecular flexibility index (Phi) is 5.11. The van der Waals surface area contributed by atoms with Crippen LogP contribution >= 0.6 is 0 Å². The average Bonchev–Trinajstić information content (AvgIpc) is 1.99. The molecule has 0 aliphatic rings. The van der Waals surface area contributed by atoms with Crippen molar-refractivity contribution in [2.75, 3.05) is 7.05 Å². The van der Waals surface area contributed by atoms with E-state index in [4.69, 9.17) is 4.74 Å². The fourth-order valence-corrected chi connectivity index (χ4v) is 0.940. The van der Waals surface area contributed by atoms with Crippen LogP contribution in [0.1, 0.15) is 34.1 Å². The van der Waals surface area contributed by atoms with Gasteiger partial charge in [0, 0.05) is 19.5 Å². The highest BCUT2D eigenvalue weighted by Gasteiger charge is 2.18. The zero-order chi connectivity index (χ0) is 12.1. The van der Waals surface area contributed by atoms with E-state index in [0.717, 1.165) is 0 Å². The lowest BCUT2D eigenvalue weighted by Crippen LogP contribution is -2.39. The molecule has 5 nitrogen and oxygen atoms in total. The van der Waals surface area contributed by atoms with Crippen molar-refractivity contribution in [3.8, 4) is 0 Å². The summed E-state index contributed by atoms with van der Waals surface area (Å²) >= 11 is 0. The molecule has 5 heteroatoms. The summed E-state index contributed by atoms with van der Waals surface area (Å²) in [5.74, 6) is -0.112. The van der Waals surface area contributed by atoms with Gasteiger partial charge in [0.25, 0.3) is 0 Å². The standard InChI is InChI=1S/C10H20N2O3/c1-7(6-8(13)11-5)12-9(14)15-10(2,3)4/h7H,6H2,1-5H3,(H,11,13)(H,12,14)/t7-/m1/s1. The molecule has 0 aromatic rings. The average molecular weight is 216 g/mol. The summed E-state index contributed by atoms with van der Waals surface area (Å²) in [6.45, 7) is 7.11. The predicted molar refractivity (Wildman–Crippen MR) is 57.5 cm³/mol. The Labute approximate surface area is 90.6 Å². The molecule has 0 saturated heterocycles. The lowest BCUT2D eigenvalue weighted by molar-refractivity contribution is -0.120. The lowest BCUT2D eigenvalue weighted by atomic mass is 10.2. The van der Waals surface area contributed by atoms with Crippen LogP contribution in [0.2, 0.25) is 0 Å². The van der Waals surface area contributed by atoms with Crippen molar-refractivity contribution < 1.29 is 14.3 Å². The van der Waals surface area contributed by atoms with E-state index in [2.05, 4.69) is 10.6 Å². The maximum atomic E-state index is 11.3. The van der Waals surface area contributed by atoms with E-state index < -0.39 is 11.7 Å². The molecule has 0 saturated carbocycles. The number of amides is 2. The van der Waals surface area contributed by atoms with Crippen molar-refractivity contribution >= 4 is 12.0 Å². The summed E-state index contributed by atoms with van der Waals surface area (Å²) in [6, 6.07) is -0.236. The van der Waals surface area contributed by atoms with Crippen LogP contribution in [-0.2, 0) is 9.53 Å². The molecule has 0 rings (SSSR count). The summed E-state index contributed by atoms with van der Waals surface area (Å²) < 4.78 is 5.04. The normalized spacial score (nSPS) is 12.9. The highest BCUT2D eigenvalue weighted by Crippen LogP contribution is 2.06. The predicted octanol–water partition coefficient (Wildman–Crippen LogP) is 1.04. The van der Waals surface area contributed by atoms with Crippen molar-refractivity contribution in [2.24, 2.45) is 0 Å². The monoisotopic (exact) mass is 216 g/mol. The van der Waals surface area contributed by atoms with E-state index >= 15 is 0 Å². The fraction of sp³-hybridized carbons (Fsp3) is 0.800. The number of hydrogen-bond donors (Lipinski definition) is 2. The maximum Gasteiger partial charge on any atom is 0.407 e. The van der Waals surface area contributed by atoms with Crippen molar-refractivity contribution in [2.45, 2.75) is 45.8 Å². The minimum Gasteiger partial charge on any atom is -0.444 e. The summed E-state index contributed by atoms with van der Waals surface area (Å²) in [6.07, 6.45) is -0.255. The second kappa shape index (κ2) is 5.58. The van der Waals surface area contributed by atoms with Gasteiger partial charge in [-0.25, -0.2) is 4.79 Å². The van der Waals surface area contributed by atoms with Crippen molar-refractivity contribution in [1.29, 1.82) is 0 Å². The highest BCUT2D eigenvalue weighted by molar-refractivity contribution is 5.77. The van der Waals surface area contributed by atoms with Gasteiger partial charge < -0.3 is 15.4 Å². The summed E-state index contributed by atoms with van der Waals surface area (Å²) in [7, 11) is 1.56. The molecule has 1 atom stereocenters. The maximum absolute atomic E-state index is 11.3. The number of alkyl carbamates (subject to hydrolysis) is 1. The molecule has 0 aliphatic carbocycles. The molecular formula is C10H20N2O3. The van der Waals surface area contributed by atoms with E-state index in [1.165, 1.54) is 0 Å². The van der Waals surface area contributed by atoms with Crippen molar-refractivity contribution in [3.05, 3.63) is 0 Å². The van der Waals surface area contributed by atoms with E-state index in [0.29, 0.717) is 0 Å². The first kappa shape index (κ1) is 13.7. The Balaban J connectivity index is 3.92. The van der Waals surface area contributed by atoms with Crippen molar-refractivity contribution in [3.63, 3.8) is 0 Å². The first-order chi connectivity index (χ1) is 6.74. The molecule has 2 amide bonds. The molecule has 0 aromatic carbocycles. The van der Waals surface area contributed by atoms with Crippen LogP contribution in [0.15, 0.2) is 0 Å². The van der Waals surface area contributed by atoms with Gasteiger partial charge in [-0.15, -0.1) is 0 Å². The Bertz CT molecular complexity index is 233. The van der Waals surface area contributed by atoms with Gasteiger partial charge in [-0.1, -0.05) is 0 Å². The van der Waals surface area contributed by atoms with Crippen LogP contribution in [-0.4, -0.2) is 30.7 Å². The largest absolute Gasteiger partial charge is 0.444 e. The number of rotatable bonds is 3. The van der Waals surface area contributed by atoms with Gasteiger partial charge in [0.1, 0.15) is 5.60 Å². The quantitative estimate of drug-likeness (QED) is 0.740. The minimum absolute atomic E-state index is 0.112. The second-order valence-corrected chi connectivity index (χ2v) is 4.42. The van der Waals surface area contributed by atoms with Gasteiger partial charge in [-0.3, -0.25) is 4.79 Å². The molecule has 0 unspecified atom stereocenters. The summed E-state index contributed by atoms with van der Waals surface area (Å²) in [4.78, 5) is 22.3. The Morgan fingerprint density at radius 1 is 1.33 bits per heavy atom. The molecule has 0 fully saturated rings. The van der Waals surface area contributed by atoms with Gasteiger partial charge in [-0.2, -0.15) is 0 Å². The van der Waals surface area contributed by atoms with Gasteiger partial charge in [0.15, 0.2) is 0 Å². The molecular weight excluding hydrogens is 196 g/mol. The van der Waals surface area contributed by atoms with Gasteiger partial charge >= 0.3 is 6.09 Å². The van der Waals surface area contributed by atoms with Gasteiger partial charge in [0.05, 0.1) is 0 Å². The van der Waals surface area contributed by atoms with Crippen LogP contribution in [0.25, 0.3) is 0 Å². The topological polar surface area (TPSA) is 67.4 Å². The third kappa shape index (κ3) is 7.78. The highest BCUT2D eigenvalue weighted by atomic mass is 16.6. The molecule has 2 N–H and O–H groups in total. The van der Waals surface area contributed by atoms with Crippen LogP contribution in [0, 0.1) is 0 Å². The minimum atomic E-state index is -0.517. The van der Waals surface area contributed by atoms with Crippen molar-refractivity contribution in [1.82, 2.24) is 10.6 Å². The smallest absolute Gasteiger partial charge is 0.407 e. The molecule has 0 bridgehead atoms. The Morgan fingerprint density at radius 2 is 1.87 bits per heavy atom. The van der Waals surface area contributed by atoms with E-state index in [1.807, 2.05) is 0 Å². The van der Waals surface area contributed by atoms with Crippen LogP contribution in [0.5, 0.6) is 0 Å². The SMILES string of the molecule is CNC(=O)C[C@@H](C)NC(=O)OC(C)(C)C. The number of hydrogen-bond acceptors (Lipinski definition) is 3. The third-order valence-corrected chi connectivity index (χ3v) is 1.53. The summed E-state index contributed by atoms with van der Waals surface area (Å²) in [5, 5.41) is 5.07. The number of carbonyl (C=O) groups excluding carboxylic acids is 2. The zero-order valence-electron chi connectivity index (χ0n) is 10.0. The van der Waals surface area contributed by atoms with Gasteiger partial charge in [-0.05, 0) is 27.7 Å². The van der Waals surface area contributed by atoms with E-state index in [9.17, 15) is 9.59 Å². The third-order valence-electron chi connectivity index (χ3n) is 1.53.